The third-order valence-electron chi connectivity index (χ3n) is 3.25. The molecule has 1 aliphatic rings. The van der Waals surface area contributed by atoms with Gasteiger partial charge in [0.25, 0.3) is 0 Å². The van der Waals surface area contributed by atoms with Gasteiger partial charge in [0.15, 0.2) is 0 Å². The second kappa shape index (κ2) is 3.68. The second-order valence-corrected chi connectivity index (χ2v) is 5.15. The topological polar surface area (TPSA) is 38.9 Å². The quantitative estimate of drug-likeness (QED) is 0.880. The Balaban J connectivity index is 2.00. The van der Waals surface area contributed by atoms with Crippen LogP contribution >= 0.6 is 11.3 Å². The van der Waals surface area contributed by atoms with E-state index in [1.165, 1.54) is 23.4 Å². The van der Waals surface area contributed by atoms with Crippen molar-refractivity contribution in [1.29, 1.82) is 0 Å². The number of thiazole rings is 1. The molecule has 2 aromatic rings. The fourth-order valence-electron chi connectivity index (χ4n) is 2.13. The van der Waals surface area contributed by atoms with Gasteiger partial charge in [-0.3, -0.25) is 0 Å². The maximum absolute atomic E-state index is 5.61. The maximum Gasteiger partial charge on any atom is 0.103 e. The first-order valence-electron chi connectivity index (χ1n) is 5.56. The molecule has 1 fully saturated rings. The minimum atomic E-state index is 0.208. The van der Waals surface area contributed by atoms with Crippen LogP contribution < -0.4 is 5.73 Å². The van der Waals surface area contributed by atoms with Gasteiger partial charge in [-0.1, -0.05) is 30.3 Å². The summed E-state index contributed by atoms with van der Waals surface area (Å²) < 4.78 is 0. The average Bonchev–Trinajstić information content (AvgIpc) is 3.02. The molecule has 82 valence electrons. The summed E-state index contributed by atoms with van der Waals surface area (Å²) in [6.45, 7) is 0.543. The molecule has 3 heteroatoms. The molecule has 16 heavy (non-hydrogen) atoms. The SMILES string of the molecule is NCc1csc(C2(c3ccccc3)CC2)n1. The Labute approximate surface area is 99.1 Å². The van der Waals surface area contributed by atoms with E-state index in [0.29, 0.717) is 6.54 Å². The zero-order valence-corrected chi connectivity index (χ0v) is 9.83. The van der Waals surface area contributed by atoms with Crippen molar-refractivity contribution >= 4 is 11.3 Å². The molecule has 3 rings (SSSR count). The summed E-state index contributed by atoms with van der Waals surface area (Å²) in [5.74, 6) is 0. The van der Waals surface area contributed by atoms with E-state index in [-0.39, 0.29) is 5.41 Å². The minimum absolute atomic E-state index is 0.208. The van der Waals surface area contributed by atoms with Crippen LogP contribution in [-0.2, 0) is 12.0 Å². The minimum Gasteiger partial charge on any atom is -0.325 e. The van der Waals surface area contributed by atoms with Crippen LogP contribution in [0.1, 0.15) is 29.1 Å². The first kappa shape index (κ1) is 10.00. The van der Waals surface area contributed by atoms with Crippen LogP contribution in [0.4, 0.5) is 0 Å². The van der Waals surface area contributed by atoms with Gasteiger partial charge < -0.3 is 5.73 Å². The Morgan fingerprint density at radius 2 is 2.00 bits per heavy atom. The van der Waals surface area contributed by atoms with E-state index in [1.54, 1.807) is 11.3 Å². The number of nitrogens with zero attached hydrogens (tertiary/aromatic N) is 1. The smallest absolute Gasteiger partial charge is 0.103 e. The molecule has 1 aromatic heterocycles. The van der Waals surface area contributed by atoms with Crippen LogP contribution in [0.15, 0.2) is 35.7 Å². The van der Waals surface area contributed by atoms with Crippen molar-refractivity contribution in [3.05, 3.63) is 52.0 Å². The summed E-state index contributed by atoms with van der Waals surface area (Å²) in [5.41, 5.74) is 8.23. The zero-order valence-electron chi connectivity index (χ0n) is 9.02. The number of benzene rings is 1. The van der Waals surface area contributed by atoms with E-state index in [4.69, 9.17) is 5.73 Å². The van der Waals surface area contributed by atoms with E-state index in [0.717, 1.165) is 5.69 Å². The number of hydrogen-bond donors (Lipinski definition) is 1. The number of hydrogen-bond acceptors (Lipinski definition) is 3. The van der Waals surface area contributed by atoms with E-state index in [9.17, 15) is 0 Å². The van der Waals surface area contributed by atoms with Crippen LogP contribution in [0.3, 0.4) is 0 Å². The molecule has 0 atom stereocenters. The molecular formula is C13H14N2S. The highest BCUT2D eigenvalue weighted by Crippen LogP contribution is 2.54. The summed E-state index contributed by atoms with van der Waals surface area (Å²) in [4.78, 5) is 4.63. The maximum atomic E-state index is 5.61. The monoisotopic (exact) mass is 230 g/mol. The van der Waals surface area contributed by atoms with Crippen molar-refractivity contribution in [3.8, 4) is 0 Å². The number of aromatic nitrogens is 1. The molecule has 1 saturated carbocycles. The average molecular weight is 230 g/mol. The van der Waals surface area contributed by atoms with Crippen molar-refractivity contribution in [2.24, 2.45) is 5.73 Å². The van der Waals surface area contributed by atoms with Crippen molar-refractivity contribution in [1.82, 2.24) is 4.98 Å². The highest BCUT2D eigenvalue weighted by atomic mass is 32.1. The lowest BCUT2D eigenvalue weighted by atomic mass is 9.97. The standard InChI is InChI=1S/C13H14N2S/c14-8-11-9-16-12(15-11)13(6-7-13)10-4-2-1-3-5-10/h1-5,9H,6-8,14H2. The molecule has 0 amide bonds. The molecule has 2 nitrogen and oxygen atoms in total. The Hall–Kier alpha value is -1.19. The van der Waals surface area contributed by atoms with Gasteiger partial charge in [-0.15, -0.1) is 11.3 Å². The molecule has 0 bridgehead atoms. The third-order valence-corrected chi connectivity index (χ3v) is 4.34. The first-order valence-corrected chi connectivity index (χ1v) is 6.43. The van der Waals surface area contributed by atoms with Crippen molar-refractivity contribution in [3.63, 3.8) is 0 Å². The fraction of sp³-hybridized carbons (Fsp3) is 0.308. The van der Waals surface area contributed by atoms with Crippen LogP contribution in [0.25, 0.3) is 0 Å². The van der Waals surface area contributed by atoms with Gasteiger partial charge >= 0.3 is 0 Å². The third kappa shape index (κ3) is 1.47. The highest BCUT2D eigenvalue weighted by Gasteiger charge is 2.48. The van der Waals surface area contributed by atoms with E-state index >= 15 is 0 Å². The molecule has 1 aromatic carbocycles. The summed E-state index contributed by atoms with van der Waals surface area (Å²) in [6, 6.07) is 10.7. The molecule has 2 N–H and O–H groups in total. The summed E-state index contributed by atoms with van der Waals surface area (Å²) >= 11 is 1.75. The number of rotatable bonds is 3. The molecular weight excluding hydrogens is 216 g/mol. The molecule has 0 radical (unpaired) electrons. The lowest BCUT2D eigenvalue weighted by molar-refractivity contribution is 0.819. The van der Waals surface area contributed by atoms with Crippen LogP contribution in [0.5, 0.6) is 0 Å². The van der Waals surface area contributed by atoms with Gasteiger partial charge in [0, 0.05) is 17.3 Å². The van der Waals surface area contributed by atoms with Gasteiger partial charge in [-0.25, -0.2) is 4.98 Å². The number of nitrogens with two attached hydrogens (primary N) is 1. The summed E-state index contributed by atoms with van der Waals surface area (Å²) in [6.07, 6.45) is 2.43. The lowest BCUT2D eigenvalue weighted by Gasteiger charge is -2.11. The largest absolute Gasteiger partial charge is 0.325 e. The molecule has 0 spiro atoms. The van der Waals surface area contributed by atoms with E-state index in [2.05, 4.69) is 40.7 Å². The summed E-state index contributed by atoms with van der Waals surface area (Å²) in [7, 11) is 0. The van der Waals surface area contributed by atoms with Crippen molar-refractivity contribution in [2.75, 3.05) is 0 Å². The Bertz CT molecular complexity index is 486. The Morgan fingerprint density at radius 3 is 2.56 bits per heavy atom. The predicted octanol–water partition coefficient (Wildman–Crippen LogP) is 2.68. The zero-order chi connectivity index (χ0) is 11.0. The first-order chi connectivity index (χ1) is 7.85. The van der Waals surface area contributed by atoms with Gasteiger partial charge in [0.1, 0.15) is 5.01 Å². The van der Waals surface area contributed by atoms with Crippen molar-refractivity contribution < 1.29 is 0 Å². The van der Waals surface area contributed by atoms with Crippen LogP contribution in [0.2, 0.25) is 0 Å². The van der Waals surface area contributed by atoms with Gasteiger partial charge in [0.2, 0.25) is 0 Å². The van der Waals surface area contributed by atoms with Crippen LogP contribution in [-0.4, -0.2) is 4.98 Å². The van der Waals surface area contributed by atoms with Crippen molar-refractivity contribution in [2.45, 2.75) is 24.8 Å². The Kier molecular flexibility index (Phi) is 2.30. The second-order valence-electron chi connectivity index (χ2n) is 4.30. The molecule has 0 aliphatic heterocycles. The predicted molar refractivity (Wildman–Crippen MR) is 66.5 cm³/mol. The van der Waals surface area contributed by atoms with Gasteiger partial charge in [-0.2, -0.15) is 0 Å². The molecule has 1 aliphatic carbocycles. The molecule has 1 heterocycles. The van der Waals surface area contributed by atoms with E-state index in [1.807, 2.05) is 0 Å². The Morgan fingerprint density at radius 1 is 1.25 bits per heavy atom. The normalized spacial score (nSPS) is 17.3. The van der Waals surface area contributed by atoms with Crippen LogP contribution in [0, 0.1) is 0 Å². The lowest BCUT2D eigenvalue weighted by Crippen LogP contribution is -2.08. The van der Waals surface area contributed by atoms with Gasteiger partial charge in [-0.05, 0) is 18.4 Å². The highest BCUT2D eigenvalue weighted by molar-refractivity contribution is 7.09. The molecule has 0 saturated heterocycles. The van der Waals surface area contributed by atoms with Gasteiger partial charge in [0.05, 0.1) is 5.69 Å². The fourth-order valence-corrected chi connectivity index (χ4v) is 3.24. The summed E-state index contributed by atoms with van der Waals surface area (Å²) in [5, 5.41) is 3.32. The molecule has 0 unspecified atom stereocenters. The van der Waals surface area contributed by atoms with E-state index < -0.39 is 0 Å².